The van der Waals surface area contributed by atoms with Crippen molar-refractivity contribution in [2.45, 2.75) is 0 Å². The molecule has 1 aromatic carbocycles. The number of rotatable bonds is 2. The van der Waals surface area contributed by atoms with E-state index < -0.39 is 11.9 Å². The van der Waals surface area contributed by atoms with Crippen LogP contribution in [0.15, 0.2) is 12.1 Å². The van der Waals surface area contributed by atoms with Gasteiger partial charge in [0.25, 0.3) is 0 Å². The molecule has 0 radical (unpaired) electrons. The fourth-order valence-corrected chi connectivity index (χ4v) is 1.54. The Balaban J connectivity index is 3.52. The Morgan fingerprint density at radius 1 is 1.20 bits per heavy atom. The summed E-state index contributed by atoms with van der Waals surface area (Å²) in [5.41, 5.74) is -0.588. The van der Waals surface area contributed by atoms with Gasteiger partial charge in [-0.2, -0.15) is 0 Å². The molecule has 0 saturated carbocycles. The average Bonchev–Trinajstić information content (AvgIpc) is 2.19. The molecular formula is C9H6Cl2O4. The highest BCUT2D eigenvalue weighted by Gasteiger charge is 2.23. The van der Waals surface area contributed by atoms with E-state index in [4.69, 9.17) is 28.3 Å². The number of hydrogen-bond acceptors (Lipinski definition) is 3. The lowest BCUT2D eigenvalue weighted by atomic mass is 10.1. The molecule has 0 saturated heterocycles. The number of ether oxygens (including phenoxy) is 1. The fraction of sp³-hybridized carbons (Fsp3) is 0.111. The first kappa shape index (κ1) is 11.8. The number of benzene rings is 1. The second-order valence-corrected chi connectivity index (χ2v) is 3.39. The number of methoxy groups -OCH3 is 1. The Kier molecular flexibility index (Phi) is 3.55. The molecule has 0 heterocycles. The lowest BCUT2D eigenvalue weighted by Gasteiger charge is -2.07. The Labute approximate surface area is 95.4 Å². The lowest BCUT2D eigenvalue weighted by molar-refractivity contribution is 0.0583. The van der Waals surface area contributed by atoms with Gasteiger partial charge in [-0.05, 0) is 12.1 Å². The van der Waals surface area contributed by atoms with Gasteiger partial charge in [0.1, 0.15) is 0 Å². The Hall–Kier alpha value is -1.26. The molecule has 6 heteroatoms. The van der Waals surface area contributed by atoms with E-state index in [-0.39, 0.29) is 21.2 Å². The summed E-state index contributed by atoms with van der Waals surface area (Å²) in [7, 11) is 1.13. The monoisotopic (exact) mass is 248 g/mol. The van der Waals surface area contributed by atoms with Gasteiger partial charge in [-0.25, -0.2) is 9.59 Å². The fourth-order valence-electron chi connectivity index (χ4n) is 1.06. The highest BCUT2D eigenvalue weighted by atomic mass is 35.5. The van der Waals surface area contributed by atoms with E-state index >= 15 is 0 Å². The first-order chi connectivity index (χ1) is 6.99. The molecule has 0 spiro atoms. The van der Waals surface area contributed by atoms with Crippen LogP contribution in [-0.4, -0.2) is 24.2 Å². The summed E-state index contributed by atoms with van der Waals surface area (Å²) in [6.07, 6.45) is 0. The van der Waals surface area contributed by atoms with E-state index in [2.05, 4.69) is 4.74 Å². The van der Waals surface area contributed by atoms with Crippen LogP contribution in [0.25, 0.3) is 0 Å². The molecule has 0 aliphatic rings. The molecule has 0 bridgehead atoms. The van der Waals surface area contributed by atoms with Crippen molar-refractivity contribution in [2.75, 3.05) is 7.11 Å². The average molecular weight is 249 g/mol. The van der Waals surface area contributed by atoms with E-state index in [1.807, 2.05) is 0 Å². The van der Waals surface area contributed by atoms with Crippen LogP contribution in [0, 0.1) is 0 Å². The predicted molar refractivity (Wildman–Crippen MR) is 54.8 cm³/mol. The van der Waals surface area contributed by atoms with Crippen molar-refractivity contribution in [3.63, 3.8) is 0 Å². The zero-order valence-electron chi connectivity index (χ0n) is 7.58. The second kappa shape index (κ2) is 4.51. The third-order valence-electron chi connectivity index (χ3n) is 1.71. The van der Waals surface area contributed by atoms with Gasteiger partial charge in [0, 0.05) is 0 Å². The Morgan fingerprint density at radius 2 is 1.67 bits per heavy atom. The maximum atomic E-state index is 11.3. The Bertz CT molecular complexity index is 428. The summed E-state index contributed by atoms with van der Waals surface area (Å²) in [5, 5.41) is 8.79. The minimum absolute atomic E-state index is 0.0105. The molecule has 0 aliphatic carbocycles. The van der Waals surface area contributed by atoms with Crippen molar-refractivity contribution in [3.8, 4) is 0 Å². The summed E-state index contributed by atoms with van der Waals surface area (Å²) in [6, 6.07) is 2.64. The highest BCUT2D eigenvalue weighted by molar-refractivity contribution is 6.38. The molecule has 0 amide bonds. The van der Waals surface area contributed by atoms with Crippen molar-refractivity contribution in [1.29, 1.82) is 0 Å². The van der Waals surface area contributed by atoms with Crippen molar-refractivity contribution < 1.29 is 19.4 Å². The van der Waals surface area contributed by atoms with E-state index in [0.717, 1.165) is 7.11 Å². The van der Waals surface area contributed by atoms with E-state index in [0.29, 0.717) is 0 Å². The molecule has 0 aromatic heterocycles. The third-order valence-corrected chi connectivity index (χ3v) is 2.34. The van der Waals surface area contributed by atoms with Crippen LogP contribution in [0.2, 0.25) is 10.0 Å². The molecule has 15 heavy (non-hydrogen) atoms. The van der Waals surface area contributed by atoms with Crippen LogP contribution < -0.4 is 0 Å². The van der Waals surface area contributed by atoms with Crippen molar-refractivity contribution in [3.05, 3.63) is 33.3 Å². The Morgan fingerprint density at radius 3 is 2.07 bits per heavy atom. The van der Waals surface area contributed by atoms with Gasteiger partial charge < -0.3 is 9.84 Å². The molecule has 0 unspecified atom stereocenters. The van der Waals surface area contributed by atoms with Crippen LogP contribution in [0.3, 0.4) is 0 Å². The molecule has 80 valence electrons. The zero-order valence-corrected chi connectivity index (χ0v) is 9.09. The molecule has 0 fully saturated rings. The van der Waals surface area contributed by atoms with E-state index in [1.54, 1.807) is 0 Å². The van der Waals surface area contributed by atoms with Gasteiger partial charge in [0.15, 0.2) is 0 Å². The molecule has 1 N–H and O–H groups in total. The molecule has 0 aliphatic heterocycles. The smallest absolute Gasteiger partial charge is 0.340 e. The van der Waals surface area contributed by atoms with Crippen LogP contribution in [0.5, 0.6) is 0 Å². The van der Waals surface area contributed by atoms with Crippen molar-refractivity contribution in [2.24, 2.45) is 0 Å². The van der Waals surface area contributed by atoms with E-state index in [9.17, 15) is 9.59 Å². The van der Waals surface area contributed by atoms with Gasteiger partial charge in [-0.15, -0.1) is 0 Å². The number of carboxylic acids is 1. The van der Waals surface area contributed by atoms with E-state index in [1.165, 1.54) is 12.1 Å². The normalized spacial score (nSPS) is 9.80. The van der Waals surface area contributed by atoms with Gasteiger partial charge in [0.05, 0.1) is 28.3 Å². The summed E-state index contributed by atoms with van der Waals surface area (Å²) in [6.45, 7) is 0. The maximum absolute atomic E-state index is 11.3. The van der Waals surface area contributed by atoms with Crippen LogP contribution in [0.4, 0.5) is 0 Å². The topological polar surface area (TPSA) is 63.6 Å². The summed E-state index contributed by atoms with van der Waals surface area (Å²) >= 11 is 11.3. The van der Waals surface area contributed by atoms with Gasteiger partial charge in [0.2, 0.25) is 0 Å². The van der Waals surface area contributed by atoms with Crippen LogP contribution in [0.1, 0.15) is 20.7 Å². The first-order valence-corrected chi connectivity index (χ1v) is 4.54. The number of hydrogen-bond donors (Lipinski definition) is 1. The lowest BCUT2D eigenvalue weighted by Crippen LogP contribution is -2.11. The minimum Gasteiger partial charge on any atom is -0.478 e. The number of halogens is 2. The molecule has 1 rings (SSSR count). The first-order valence-electron chi connectivity index (χ1n) is 3.78. The molecular weight excluding hydrogens is 243 g/mol. The van der Waals surface area contributed by atoms with Crippen molar-refractivity contribution >= 4 is 35.1 Å². The number of carbonyl (C=O) groups is 2. The minimum atomic E-state index is -1.33. The molecule has 1 aromatic rings. The van der Waals surface area contributed by atoms with Gasteiger partial charge in [-0.1, -0.05) is 23.2 Å². The number of esters is 1. The summed E-state index contributed by atoms with van der Waals surface area (Å²) < 4.78 is 4.42. The summed E-state index contributed by atoms with van der Waals surface area (Å²) in [4.78, 5) is 22.1. The highest BCUT2D eigenvalue weighted by Crippen LogP contribution is 2.27. The number of carboxylic acid groups (broad SMARTS) is 1. The predicted octanol–water partition coefficient (Wildman–Crippen LogP) is 2.48. The quantitative estimate of drug-likeness (QED) is 0.817. The van der Waals surface area contributed by atoms with Crippen LogP contribution in [-0.2, 0) is 4.74 Å². The maximum Gasteiger partial charge on any atom is 0.340 e. The molecule has 0 atom stereocenters. The van der Waals surface area contributed by atoms with Crippen molar-refractivity contribution in [1.82, 2.24) is 0 Å². The molecule has 4 nitrogen and oxygen atoms in total. The van der Waals surface area contributed by atoms with Crippen LogP contribution >= 0.6 is 23.2 Å². The van der Waals surface area contributed by atoms with Gasteiger partial charge >= 0.3 is 11.9 Å². The summed E-state index contributed by atoms with van der Waals surface area (Å²) in [5.74, 6) is -2.16. The standard InChI is InChI=1S/C9H6Cl2O4/c1-15-9(14)7-5(11)3-2-4(10)6(7)8(12)13/h2-3H,1H3,(H,12,13). The number of carbonyl (C=O) groups excluding carboxylic acids is 1. The SMILES string of the molecule is COC(=O)c1c(Cl)ccc(Cl)c1C(=O)O. The third kappa shape index (κ3) is 2.22. The largest absolute Gasteiger partial charge is 0.478 e. The van der Waals surface area contributed by atoms with Gasteiger partial charge in [-0.3, -0.25) is 0 Å². The second-order valence-electron chi connectivity index (χ2n) is 2.58. The zero-order chi connectivity index (χ0) is 11.6. The number of aromatic carboxylic acids is 1.